The van der Waals surface area contributed by atoms with Crippen molar-refractivity contribution in [3.8, 4) is 56.4 Å². The SMILES string of the molecule is c1ccc(-c2ccc(N(c3ccc4c(c3)Oc3ccccc3O4)c3ccccc3-c3cccc4c3C3(c5ccccc5-4)C4CC5CC(C4)CC3C5)cc2)cc1. The van der Waals surface area contributed by atoms with Crippen molar-refractivity contribution in [1.29, 1.82) is 0 Å². The molecule has 1 aliphatic heterocycles. The monoisotopic (exact) mass is 711 g/mol. The lowest BCUT2D eigenvalue weighted by Crippen LogP contribution is -2.55. The second-order valence-corrected chi connectivity index (χ2v) is 16.5. The van der Waals surface area contributed by atoms with Gasteiger partial charge in [0.15, 0.2) is 23.0 Å². The Morgan fingerprint density at radius 2 is 0.964 bits per heavy atom. The van der Waals surface area contributed by atoms with Crippen molar-refractivity contribution in [2.75, 3.05) is 4.90 Å². The zero-order chi connectivity index (χ0) is 36.1. The Morgan fingerprint density at radius 3 is 1.71 bits per heavy atom. The van der Waals surface area contributed by atoms with Gasteiger partial charge in [0.25, 0.3) is 0 Å². The van der Waals surface area contributed by atoms with Crippen molar-refractivity contribution in [3.63, 3.8) is 0 Å². The lowest BCUT2D eigenvalue weighted by molar-refractivity contribution is -0.0397. The van der Waals surface area contributed by atoms with E-state index in [2.05, 4.69) is 144 Å². The minimum Gasteiger partial charge on any atom is -0.450 e. The third kappa shape index (κ3) is 4.62. The molecular formula is C52H41NO2. The molecule has 3 nitrogen and oxygen atoms in total. The molecule has 0 saturated heterocycles. The molecule has 0 N–H and O–H groups in total. The molecule has 7 aromatic rings. The Kier molecular flexibility index (Phi) is 6.81. The fourth-order valence-electron chi connectivity index (χ4n) is 11.8. The molecule has 6 aliphatic rings. The maximum absolute atomic E-state index is 6.51. The predicted octanol–water partition coefficient (Wildman–Crippen LogP) is 14.1. The van der Waals surface area contributed by atoms with Gasteiger partial charge < -0.3 is 14.4 Å². The van der Waals surface area contributed by atoms with E-state index in [4.69, 9.17) is 9.47 Å². The van der Waals surface area contributed by atoms with Crippen molar-refractivity contribution in [2.45, 2.75) is 37.5 Å². The Morgan fingerprint density at radius 1 is 0.418 bits per heavy atom. The molecule has 0 atom stereocenters. The number of fused-ring (bicyclic) bond motifs is 5. The van der Waals surface area contributed by atoms with E-state index in [1.807, 2.05) is 24.3 Å². The summed E-state index contributed by atoms with van der Waals surface area (Å²) in [7, 11) is 0. The molecule has 0 radical (unpaired) electrons. The highest BCUT2D eigenvalue weighted by Crippen LogP contribution is 2.70. The number of benzene rings is 7. The molecule has 13 rings (SSSR count). The zero-order valence-corrected chi connectivity index (χ0v) is 30.7. The fourth-order valence-corrected chi connectivity index (χ4v) is 11.8. The van der Waals surface area contributed by atoms with Crippen LogP contribution in [0.3, 0.4) is 0 Å². The third-order valence-corrected chi connectivity index (χ3v) is 13.7. The van der Waals surface area contributed by atoms with Gasteiger partial charge in [-0.15, -0.1) is 0 Å². The van der Waals surface area contributed by atoms with Gasteiger partial charge in [-0.25, -0.2) is 0 Å². The highest BCUT2D eigenvalue weighted by molar-refractivity contribution is 5.95. The summed E-state index contributed by atoms with van der Waals surface area (Å²) in [5, 5.41) is 0. The van der Waals surface area contributed by atoms with Crippen molar-refractivity contribution in [2.24, 2.45) is 23.7 Å². The van der Waals surface area contributed by atoms with Crippen molar-refractivity contribution in [1.82, 2.24) is 0 Å². The summed E-state index contributed by atoms with van der Waals surface area (Å²) in [5.41, 5.74) is 14.4. The van der Waals surface area contributed by atoms with Gasteiger partial charge >= 0.3 is 0 Å². The lowest BCUT2D eigenvalue weighted by Gasteiger charge is -2.61. The summed E-state index contributed by atoms with van der Waals surface area (Å²) in [6.07, 6.45) is 6.88. The Bertz CT molecular complexity index is 2600. The van der Waals surface area contributed by atoms with Crippen LogP contribution < -0.4 is 14.4 Å². The Labute approximate surface area is 322 Å². The first-order valence-electron chi connectivity index (χ1n) is 20.1. The van der Waals surface area contributed by atoms with E-state index in [1.54, 1.807) is 11.1 Å². The molecule has 4 saturated carbocycles. The van der Waals surface area contributed by atoms with E-state index >= 15 is 0 Å². The summed E-state index contributed by atoms with van der Waals surface area (Å²) in [6.45, 7) is 0. The number of rotatable bonds is 5. The maximum atomic E-state index is 6.51. The number of ether oxygens (including phenoxy) is 2. The first-order valence-corrected chi connectivity index (χ1v) is 20.1. The summed E-state index contributed by atoms with van der Waals surface area (Å²) >= 11 is 0. The van der Waals surface area contributed by atoms with Crippen LogP contribution in [0.4, 0.5) is 17.1 Å². The highest BCUT2D eigenvalue weighted by atomic mass is 16.6. The van der Waals surface area contributed by atoms with Gasteiger partial charge in [-0.05, 0) is 137 Å². The minimum absolute atomic E-state index is 0.0512. The molecular weight excluding hydrogens is 671 g/mol. The van der Waals surface area contributed by atoms with Gasteiger partial charge in [0.1, 0.15) is 0 Å². The number of hydrogen-bond donors (Lipinski definition) is 0. The van der Waals surface area contributed by atoms with Crippen LogP contribution in [0.25, 0.3) is 33.4 Å². The number of nitrogens with zero attached hydrogens (tertiary/aromatic N) is 1. The van der Waals surface area contributed by atoms with Crippen LogP contribution in [0.2, 0.25) is 0 Å². The van der Waals surface area contributed by atoms with E-state index in [-0.39, 0.29) is 5.41 Å². The standard InChI is InChI=1S/C52H41NO2/c1-2-11-35(12-3-1)36-21-23-39(24-22-36)53(40-25-26-49-50(32-40)55-48-20-9-8-19-47(48)54-49)46-18-7-5-14-42(46)44-16-10-15-43-41-13-4-6-17-45(41)52(51(43)44)37-28-33-27-34(30-37)31-38(52)29-33/h1-26,32-34,37-38H,27-31H2. The second kappa shape index (κ2) is 12.0. The fraction of sp³-hybridized carbons (Fsp3) is 0.192. The first kappa shape index (κ1) is 31.3. The Hall–Kier alpha value is -6.06. The zero-order valence-electron chi connectivity index (χ0n) is 30.7. The van der Waals surface area contributed by atoms with Gasteiger partial charge in [-0.3, -0.25) is 0 Å². The molecule has 3 heteroatoms. The third-order valence-electron chi connectivity index (χ3n) is 13.7. The smallest absolute Gasteiger partial charge is 0.172 e. The normalized spacial score (nSPS) is 23.3. The largest absolute Gasteiger partial charge is 0.450 e. The summed E-state index contributed by atoms with van der Waals surface area (Å²) in [6, 6.07) is 59.5. The molecule has 1 heterocycles. The van der Waals surface area contributed by atoms with E-state index < -0.39 is 0 Å². The molecule has 4 fully saturated rings. The lowest BCUT2D eigenvalue weighted by atomic mass is 9.42. The van der Waals surface area contributed by atoms with E-state index in [0.29, 0.717) is 17.6 Å². The minimum atomic E-state index is 0.0512. The summed E-state index contributed by atoms with van der Waals surface area (Å²) in [5.74, 6) is 6.04. The quantitative estimate of drug-likeness (QED) is 0.177. The predicted molar refractivity (Wildman–Crippen MR) is 222 cm³/mol. The number of anilines is 3. The van der Waals surface area contributed by atoms with E-state index in [9.17, 15) is 0 Å². The van der Waals surface area contributed by atoms with E-state index in [1.165, 1.54) is 65.5 Å². The van der Waals surface area contributed by atoms with Crippen LogP contribution in [-0.2, 0) is 5.41 Å². The number of para-hydroxylation sites is 3. The van der Waals surface area contributed by atoms with Gasteiger partial charge in [-0.1, -0.05) is 115 Å². The molecule has 5 aliphatic carbocycles. The Balaban J connectivity index is 1.06. The van der Waals surface area contributed by atoms with Gasteiger partial charge in [0.2, 0.25) is 0 Å². The van der Waals surface area contributed by atoms with Gasteiger partial charge in [0.05, 0.1) is 11.4 Å². The molecule has 266 valence electrons. The van der Waals surface area contributed by atoms with Crippen LogP contribution in [0.1, 0.15) is 43.2 Å². The molecule has 0 amide bonds. The first-order chi connectivity index (χ1) is 27.2. The topological polar surface area (TPSA) is 21.7 Å². The van der Waals surface area contributed by atoms with Crippen LogP contribution in [0, 0.1) is 23.7 Å². The maximum Gasteiger partial charge on any atom is 0.172 e. The van der Waals surface area contributed by atoms with Crippen molar-refractivity contribution < 1.29 is 9.47 Å². The average molecular weight is 712 g/mol. The molecule has 1 spiro atoms. The highest BCUT2D eigenvalue weighted by Gasteiger charge is 2.62. The van der Waals surface area contributed by atoms with Gasteiger partial charge in [-0.2, -0.15) is 0 Å². The van der Waals surface area contributed by atoms with Crippen LogP contribution in [0.15, 0.2) is 164 Å². The van der Waals surface area contributed by atoms with Crippen molar-refractivity contribution in [3.05, 3.63) is 175 Å². The van der Waals surface area contributed by atoms with Gasteiger partial charge in [0, 0.05) is 22.7 Å². The number of hydrogen-bond acceptors (Lipinski definition) is 3. The summed E-state index contributed by atoms with van der Waals surface area (Å²) in [4.78, 5) is 2.42. The van der Waals surface area contributed by atoms with Crippen LogP contribution in [0.5, 0.6) is 23.0 Å². The summed E-state index contributed by atoms with van der Waals surface area (Å²) < 4.78 is 12.8. The molecule has 55 heavy (non-hydrogen) atoms. The molecule has 4 bridgehead atoms. The molecule has 0 unspecified atom stereocenters. The van der Waals surface area contributed by atoms with Crippen molar-refractivity contribution >= 4 is 17.1 Å². The van der Waals surface area contributed by atoms with Crippen LogP contribution in [-0.4, -0.2) is 0 Å². The van der Waals surface area contributed by atoms with Crippen LogP contribution >= 0.6 is 0 Å². The van der Waals surface area contributed by atoms with E-state index in [0.717, 1.165) is 46.1 Å². The molecule has 0 aromatic heterocycles. The average Bonchev–Trinajstić information content (AvgIpc) is 3.54. The second-order valence-electron chi connectivity index (χ2n) is 16.5. The molecule has 7 aromatic carbocycles.